The molecule has 2 rings (SSSR count). The number of rotatable bonds is 9. The van der Waals surface area contributed by atoms with Crippen molar-refractivity contribution in [3.05, 3.63) is 34.9 Å². The zero-order valence-electron chi connectivity index (χ0n) is 15.2. The summed E-state index contributed by atoms with van der Waals surface area (Å²) in [4.78, 5) is 24.6. The summed E-state index contributed by atoms with van der Waals surface area (Å²) in [5.41, 5.74) is 1.66. The maximum atomic E-state index is 12.4. The van der Waals surface area contributed by atoms with E-state index in [1.54, 1.807) is 18.2 Å². The molecule has 0 aromatic heterocycles. The molecule has 1 fully saturated rings. The first-order chi connectivity index (χ1) is 12.2. The third kappa shape index (κ3) is 5.56. The Morgan fingerprint density at radius 2 is 1.76 bits per heavy atom. The lowest BCUT2D eigenvalue weighted by atomic mass is 9.97. The molecule has 1 aromatic rings. The monoisotopic (exact) mass is 348 g/mol. The summed E-state index contributed by atoms with van der Waals surface area (Å²) < 4.78 is 16.3. The molecule has 1 heterocycles. The maximum absolute atomic E-state index is 12.4. The number of ether oxygens (including phenoxy) is 3. The summed E-state index contributed by atoms with van der Waals surface area (Å²) in [5.74, 6) is -0.719. The fraction of sp³-hybridized carbons (Fsp3) is 0.600. The molecule has 1 aliphatic rings. The molecule has 0 spiro atoms. The first-order valence-electron chi connectivity index (χ1n) is 9.27. The van der Waals surface area contributed by atoms with Crippen molar-refractivity contribution in [3.8, 4) is 0 Å². The van der Waals surface area contributed by atoms with E-state index in [0.717, 1.165) is 44.1 Å². The number of hydrogen-bond acceptors (Lipinski definition) is 5. The highest BCUT2D eigenvalue weighted by Crippen LogP contribution is 2.32. The van der Waals surface area contributed by atoms with Gasteiger partial charge in [0.2, 0.25) is 0 Å². The van der Waals surface area contributed by atoms with E-state index in [1.165, 1.54) is 0 Å². The quantitative estimate of drug-likeness (QED) is 0.487. The van der Waals surface area contributed by atoms with Crippen molar-refractivity contribution < 1.29 is 23.8 Å². The number of hydrogen-bond donors (Lipinski definition) is 0. The number of carbonyl (C=O) groups is 2. The van der Waals surface area contributed by atoms with Gasteiger partial charge in [0.15, 0.2) is 0 Å². The Bertz CT molecular complexity index is 575. The Morgan fingerprint density at radius 1 is 1.08 bits per heavy atom. The van der Waals surface area contributed by atoms with Crippen molar-refractivity contribution in [2.45, 2.75) is 58.5 Å². The van der Waals surface area contributed by atoms with Gasteiger partial charge in [0.25, 0.3) is 0 Å². The van der Waals surface area contributed by atoms with Crippen LogP contribution < -0.4 is 0 Å². The van der Waals surface area contributed by atoms with Gasteiger partial charge in [-0.2, -0.15) is 0 Å². The van der Waals surface area contributed by atoms with Crippen molar-refractivity contribution in [3.63, 3.8) is 0 Å². The zero-order valence-corrected chi connectivity index (χ0v) is 15.2. The van der Waals surface area contributed by atoms with Gasteiger partial charge in [-0.1, -0.05) is 26.7 Å². The molecule has 1 atom stereocenters. The molecule has 5 nitrogen and oxygen atoms in total. The van der Waals surface area contributed by atoms with E-state index >= 15 is 0 Å². The second-order valence-corrected chi connectivity index (χ2v) is 6.28. The lowest BCUT2D eigenvalue weighted by Gasteiger charge is -2.16. The van der Waals surface area contributed by atoms with Gasteiger partial charge in [0, 0.05) is 6.61 Å². The van der Waals surface area contributed by atoms with Crippen molar-refractivity contribution in [2.24, 2.45) is 0 Å². The first-order valence-corrected chi connectivity index (χ1v) is 9.27. The summed E-state index contributed by atoms with van der Waals surface area (Å²) in [6.45, 7) is 5.57. The van der Waals surface area contributed by atoms with Gasteiger partial charge in [0.1, 0.15) is 0 Å². The van der Waals surface area contributed by atoms with Crippen LogP contribution in [0.25, 0.3) is 0 Å². The van der Waals surface area contributed by atoms with Crippen LogP contribution in [0.4, 0.5) is 0 Å². The van der Waals surface area contributed by atoms with Crippen LogP contribution in [-0.2, 0) is 14.2 Å². The smallest absolute Gasteiger partial charge is 0.338 e. The summed E-state index contributed by atoms with van der Waals surface area (Å²) in [6, 6.07) is 5.01. The van der Waals surface area contributed by atoms with Gasteiger partial charge in [-0.25, -0.2) is 9.59 Å². The normalized spacial score (nSPS) is 16.6. The second-order valence-electron chi connectivity index (χ2n) is 6.28. The van der Waals surface area contributed by atoms with Crippen LogP contribution in [0.1, 0.15) is 84.8 Å². The molecule has 0 amide bonds. The third-order valence-corrected chi connectivity index (χ3v) is 4.25. The molecule has 1 unspecified atom stereocenters. The molecule has 0 N–H and O–H groups in total. The molecule has 0 radical (unpaired) electrons. The summed E-state index contributed by atoms with van der Waals surface area (Å²) in [5, 5.41) is 0. The third-order valence-electron chi connectivity index (χ3n) is 4.25. The van der Waals surface area contributed by atoms with Gasteiger partial charge in [-0.15, -0.1) is 0 Å². The van der Waals surface area contributed by atoms with Crippen LogP contribution in [0.5, 0.6) is 0 Å². The highest BCUT2D eigenvalue weighted by Gasteiger charge is 2.25. The molecule has 5 heteroatoms. The van der Waals surface area contributed by atoms with Crippen molar-refractivity contribution in [1.29, 1.82) is 0 Å². The zero-order chi connectivity index (χ0) is 18.1. The minimum Gasteiger partial charge on any atom is -0.462 e. The number of carbonyl (C=O) groups excluding carboxylic acids is 2. The van der Waals surface area contributed by atoms with Crippen LogP contribution >= 0.6 is 0 Å². The van der Waals surface area contributed by atoms with E-state index in [-0.39, 0.29) is 18.0 Å². The van der Waals surface area contributed by atoms with Crippen LogP contribution in [0.3, 0.4) is 0 Å². The topological polar surface area (TPSA) is 61.8 Å². The van der Waals surface area contributed by atoms with E-state index < -0.39 is 0 Å². The van der Waals surface area contributed by atoms with E-state index in [0.29, 0.717) is 30.9 Å². The largest absolute Gasteiger partial charge is 0.462 e. The van der Waals surface area contributed by atoms with Gasteiger partial charge in [0.05, 0.1) is 30.4 Å². The molecule has 0 aliphatic carbocycles. The van der Waals surface area contributed by atoms with Crippen molar-refractivity contribution in [1.82, 2.24) is 0 Å². The second kappa shape index (κ2) is 10.2. The SMILES string of the molecule is CCCCOC(=O)c1ccc(C(=O)OCCCC)c(C2CCCO2)c1. The lowest BCUT2D eigenvalue weighted by molar-refractivity contribution is 0.0476. The molecule has 1 aliphatic heterocycles. The molecule has 1 saturated heterocycles. The Balaban J connectivity index is 2.18. The summed E-state index contributed by atoms with van der Waals surface area (Å²) in [6.07, 6.45) is 5.22. The van der Waals surface area contributed by atoms with Gasteiger partial charge < -0.3 is 14.2 Å². The Kier molecular flexibility index (Phi) is 7.92. The van der Waals surface area contributed by atoms with Gasteiger partial charge >= 0.3 is 11.9 Å². The van der Waals surface area contributed by atoms with Crippen LogP contribution in [0, 0.1) is 0 Å². The van der Waals surface area contributed by atoms with Gasteiger partial charge in [-0.05, 0) is 49.4 Å². The Hall–Kier alpha value is -1.88. The van der Waals surface area contributed by atoms with E-state index in [1.807, 2.05) is 13.8 Å². The minimum absolute atomic E-state index is 0.169. The van der Waals surface area contributed by atoms with Crippen LogP contribution in [-0.4, -0.2) is 31.8 Å². The van der Waals surface area contributed by atoms with Crippen LogP contribution in [0.2, 0.25) is 0 Å². The average Bonchev–Trinajstić information content (AvgIpc) is 3.16. The number of esters is 2. The molecular weight excluding hydrogens is 320 g/mol. The number of unbranched alkanes of at least 4 members (excludes halogenated alkanes) is 2. The average molecular weight is 348 g/mol. The number of benzene rings is 1. The lowest BCUT2D eigenvalue weighted by Crippen LogP contribution is -2.14. The maximum Gasteiger partial charge on any atom is 0.338 e. The first kappa shape index (κ1) is 19.4. The predicted molar refractivity (Wildman–Crippen MR) is 94.8 cm³/mol. The fourth-order valence-corrected chi connectivity index (χ4v) is 2.74. The highest BCUT2D eigenvalue weighted by atomic mass is 16.5. The van der Waals surface area contributed by atoms with Crippen molar-refractivity contribution in [2.75, 3.05) is 19.8 Å². The summed E-state index contributed by atoms with van der Waals surface area (Å²) >= 11 is 0. The minimum atomic E-state index is -0.362. The fourth-order valence-electron chi connectivity index (χ4n) is 2.74. The molecular formula is C20H28O5. The van der Waals surface area contributed by atoms with Crippen LogP contribution in [0.15, 0.2) is 18.2 Å². The van der Waals surface area contributed by atoms with Crippen molar-refractivity contribution >= 4 is 11.9 Å². The molecule has 138 valence electrons. The van der Waals surface area contributed by atoms with E-state index in [4.69, 9.17) is 14.2 Å². The van der Waals surface area contributed by atoms with E-state index in [9.17, 15) is 9.59 Å². The Labute approximate surface area is 149 Å². The van der Waals surface area contributed by atoms with Gasteiger partial charge in [-0.3, -0.25) is 0 Å². The molecule has 0 saturated carbocycles. The molecule has 0 bridgehead atoms. The Morgan fingerprint density at radius 3 is 2.36 bits per heavy atom. The molecule has 1 aromatic carbocycles. The summed E-state index contributed by atoms with van der Waals surface area (Å²) in [7, 11) is 0. The predicted octanol–water partition coefficient (Wildman–Crippen LogP) is 4.45. The van der Waals surface area contributed by atoms with E-state index in [2.05, 4.69) is 0 Å². The highest BCUT2D eigenvalue weighted by molar-refractivity contribution is 5.95. The molecule has 25 heavy (non-hydrogen) atoms. The standard InChI is InChI=1S/C20H28O5/c1-3-5-11-24-19(21)15-9-10-16(20(22)25-12-6-4-2)17(14-15)18-8-7-13-23-18/h9-10,14,18H,3-8,11-13H2,1-2H3.